The third-order valence-electron chi connectivity index (χ3n) is 3.18. The van der Waals surface area contributed by atoms with E-state index in [1.54, 1.807) is 28.9 Å². The molecule has 0 aliphatic carbocycles. The van der Waals surface area contributed by atoms with E-state index in [0.29, 0.717) is 30.6 Å². The lowest BCUT2D eigenvalue weighted by atomic mass is 10.2. The van der Waals surface area contributed by atoms with Crippen LogP contribution in [0.3, 0.4) is 0 Å². The molecule has 1 aromatic carbocycles. The molecule has 0 saturated carbocycles. The zero-order chi connectivity index (χ0) is 15.9. The summed E-state index contributed by atoms with van der Waals surface area (Å²) in [6.07, 6.45) is 3.10. The van der Waals surface area contributed by atoms with E-state index in [0.717, 1.165) is 24.2 Å². The first kappa shape index (κ1) is 15.9. The molecule has 0 atom stereocenters. The SMILES string of the molecule is CCCOC(=O)c1ccc(-n2nnc(C=O)c2CCC)cc1. The van der Waals surface area contributed by atoms with E-state index in [9.17, 15) is 9.59 Å². The second-order valence-electron chi connectivity index (χ2n) is 4.88. The Kier molecular flexibility index (Phi) is 5.41. The molecule has 0 amide bonds. The van der Waals surface area contributed by atoms with Gasteiger partial charge in [0.1, 0.15) is 5.69 Å². The Bertz CT molecular complexity index is 647. The van der Waals surface area contributed by atoms with Gasteiger partial charge in [-0.25, -0.2) is 9.48 Å². The molecule has 2 rings (SSSR count). The zero-order valence-corrected chi connectivity index (χ0v) is 12.8. The van der Waals surface area contributed by atoms with Gasteiger partial charge in [0, 0.05) is 0 Å². The Morgan fingerprint density at radius 3 is 2.55 bits per heavy atom. The lowest BCUT2D eigenvalue weighted by Crippen LogP contribution is -2.07. The molecular weight excluding hydrogens is 282 g/mol. The van der Waals surface area contributed by atoms with Crippen LogP contribution in [0.15, 0.2) is 24.3 Å². The van der Waals surface area contributed by atoms with Crippen LogP contribution in [0.2, 0.25) is 0 Å². The number of benzene rings is 1. The minimum atomic E-state index is -0.339. The number of hydrogen-bond donors (Lipinski definition) is 0. The number of carbonyl (C=O) groups is 2. The van der Waals surface area contributed by atoms with Gasteiger partial charge in [-0.3, -0.25) is 4.79 Å². The molecule has 1 aromatic heterocycles. The summed E-state index contributed by atoms with van der Waals surface area (Å²) in [6, 6.07) is 6.91. The van der Waals surface area contributed by atoms with Crippen LogP contribution in [0, 0.1) is 0 Å². The maximum Gasteiger partial charge on any atom is 0.338 e. The molecule has 0 aliphatic heterocycles. The van der Waals surface area contributed by atoms with E-state index in [2.05, 4.69) is 10.3 Å². The fourth-order valence-corrected chi connectivity index (χ4v) is 2.10. The molecule has 2 aromatic rings. The minimum Gasteiger partial charge on any atom is -0.462 e. The molecule has 0 bridgehead atoms. The summed E-state index contributed by atoms with van der Waals surface area (Å²) < 4.78 is 6.72. The van der Waals surface area contributed by atoms with Gasteiger partial charge in [0.25, 0.3) is 0 Å². The van der Waals surface area contributed by atoms with Gasteiger partial charge in [0.05, 0.1) is 23.6 Å². The van der Waals surface area contributed by atoms with E-state index >= 15 is 0 Å². The van der Waals surface area contributed by atoms with Crippen LogP contribution in [0.4, 0.5) is 0 Å². The van der Waals surface area contributed by atoms with Crippen LogP contribution in [-0.2, 0) is 11.2 Å². The van der Waals surface area contributed by atoms with Gasteiger partial charge in [0.2, 0.25) is 0 Å². The first-order chi connectivity index (χ1) is 10.7. The van der Waals surface area contributed by atoms with Crippen molar-refractivity contribution in [1.29, 1.82) is 0 Å². The van der Waals surface area contributed by atoms with Gasteiger partial charge in [-0.15, -0.1) is 5.10 Å². The molecular formula is C16H19N3O3. The number of esters is 1. The quantitative estimate of drug-likeness (QED) is 0.580. The lowest BCUT2D eigenvalue weighted by Gasteiger charge is -2.07. The van der Waals surface area contributed by atoms with E-state index in [4.69, 9.17) is 4.74 Å². The number of nitrogens with zero attached hydrogens (tertiary/aromatic N) is 3. The number of aldehydes is 1. The molecule has 0 saturated heterocycles. The van der Waals surface area contributed by atoms with E-state index in [-0.39, 0.29) is 5.97 Å². The highest BCUT2D eigenvalue weighted by Crippen LogP contribution is 2.15. The van der Waals surface area contributed by atoms with Gasteiger partial charge in [0.15, 0.2) is 6.29 Å². The van der Waals surface area contributed by atoms with E-state index in [1.165, 1.54) is 0 Å². The fourth-order valence-electron chi connectivity index (χ4n) is 2.10. The van der Waals surface area contributed by atoms with Crippen LogP contribution in [0.25, 0.3) is 5.69 Å². The largest absolute Gasteiger partial charge is 0.462 e. The molecule has 1 heterocycles. The molecule has 0 unspecified atom stereocenters. The van der Waals surface area contributed by atoms with Crippen molar-refractivity contribution in [2.75, 3.05) is 6.61 Å². The van der Waals surface area contributed by atoms with E-state index < -0.39 is 0 Å². The fraction of sp³-hybridized carbons (Fsp3) is 0.375. The summed E-state index contributed by atoms with van der Waals surface area (Å²) in [6.45, 7) is 4.38. The molecule has 0 aliphatic rings. The normalized spacial score (nSPS) is 10.5. The lowest BCUT2D eigenvalue weighted by molar-refractivity contribution is 0.0505. The standard InChI is InChI=1S/C16H19N3O3/c1-3-5-15-14(11-20)17-18-19(15)13-8-6-12(7-9-13)16(21)22-10-4-2/h6-9,11H,3-5,10H2,1-2H3. The highest BCUT2D eigenvalue weighted by atomic mass is 16.5. The van der Waals surface area contributed by atoms with Gasteiger partial charge in [-0.05, 0) is 37.1 Å². The maximum atomic E-state index is 11.8. The van der Waals surface area contributed by atoms with Crippen molar-refractivity contribution in [3.63, 3.8) is 0 Å². The average molecular weight is 301 g/mol. The zero-order valence-electron chi connectivity index (χ0n) is 12.8. The van der Waals surface area contributed by atoms with Gasteiger partial charge in [-0.2, -0.15) is 0 Å². The molecule has 0 spiro atoms. The second kappa shape index (κ2) is 7.49. The van der Waals surface area contributed by atoms with Gasteiger partial charge < -0.3 is 4.74 Å². The van der Waals surface area contributed by atoms with Crippen molar-refractivity contribution in [2.24, 2.45) is 0 Å². The number of aromatic nitrogens is 3. The van der Waals surface area contributed by atoms with Crippen molar-refractivity contribution in [3.05, 3.63) is 41.2 Å². The van der Waals surface area contributed by atoms with Crippen molar-refractivity contribution in [2.45, 2.75) is 33.1 Å². The summed E-state index contributed by atoms with van der Waals surface area (Å²) in [5.41, 5.74) is 2.38. The Morgan fingerprint density at radius 1 is 1.23 bits per heavy atom. The molecule has 6 nitrogen and oxygen atoms in total. The second-order valence-corrected chi connectivity index (χ2v) is 4.88. The first-order valence-electron chi connectivity index (χ1n) is 7.38. The van der Waals surface area contributed by atoms with Crippen molar-refractivity contribution < 1.29 is 14.3 Å². The molecule has 0 fully saturated rings. The number of ether oxygens (including phenoxy) is 1. The van der Waals surface area contributed by atoms with Gasteiger partial charge >= 0.3 is 5.97 Å². The predicted molar refractivity (Wildman–Crippen MR) is 81.3 cm³/mol. The Morgan fingerprint density at radius 2 is 1.95 bits per heavy atom. The number of hydrogen-bond acceptors (Lipinski definition) is 5. The van der Waals surface area contributed by atoms with E-state index in [1.807, 2.05) is 13.8 Å². The summed E-state index contributed by atoms with van der Waals surface area (Å²) in [4.78, 5) is 22.8. The topological polar surface area (TPSA) is 74.1 Å². The molecule has 0 N–H and O–H groups in total. The van der Waals surface area contributed by atoms with Crippen LogP contribution in [0.1, 0.15) is 53.2 Å². The summed E-state index contributed by atoms with van der Waals surface area (Å²) in [5.74, 6) is -0.339. The number of carbonyl (C=O) groups excluding carboxylic acids is 2. The van der Waals surface area contributed by atoms with Crippen LogP contribution in [-0.4, -0.2) is 33.9 Å². The predicted octanol–water partition coefficient (Wildman–Crippen LogP) is 2.60. The molecule has 116 valence electrons. The Hall–Kier alpha value is -2.50. The highest BCUT2D eigenvalue weighted by molar-refractivity contribution is 5.89. The Labute approximate surface area is 129 Å². The molecule has 22 heavy (non-hydrogen) atoms. The molecule has 0 radical (unpaired) electrons. The Balaban J connectivity index is 2.25. The summed E-state index contributed by atoms with van der Waals surface area (Å²) in [5, 5.41) is 7.90. The van der Waals surface area contributed by atoms with Crippen molar-refractivity contribution in [3.8, 4) is 5.69 Å². The highest BCUT2D eigenvalue weighted by Gasteiger charge is 2.13. The number of rotatable bonds is 7. The first-order valence-corrected chi connectivity index (χ1v) is 7.38. The average Bonchev–Trinajstić information content (AvgIpc) is 2.96. The summed E-state index contributed by atoms with van der Waals surface area (Å²) in [7, 11) is 0. The van der Waals surface area contributed by atoms with Crippen LogP contribution < -0.4 is 0 Å². The van der Waals surface area contributed by atoms with Crippen LogP contribution in [0.5, 0.6) is 0 Å². The van der Waals surface area contributed by atoms with Crippen molar-refractivity contribution >= 4 is 12.3 Å². The van der Waals surface area contributed by atoms with Gasteiger partial charge in [-0.1, -0.05) is 25.5 Å². The third kappa shape index (κ3) is 3.39. The minimum absolute atomic E-state index is 0.339. The maximum absolute atomic E-state index is 11.8. The third-order valence-corrected chi connectivity index (χ3v) is 3.18. The van der Waals surface area contributed by atoms with Crippen molar-refractivity contribution in [1.82, 2.24) is 15.0 Å². The summed E-state index contributed by atoms with van der Waals surface area (Å²) >= 11 is 0. The van der Waals surface area contributed by atoms with Crippen LogP contribution >= 0.6 is 0 Å². The monoisotopic (exact) mass is 301 g/mol. The molecule has 6 heteroatoms. The smallest absolute Gasteiger partial charge is 0.338 e.